The summed E-state index contributed by atoms with van der Waals surface area (Å²) in [6.07, 6.45) is 1.68. The summed E-state index contributed by atoms with van der Waals surface area (Å²) < 4.78 is 5.84. The van der Waals surface area contributed by atoms with E-state index >= 15 is 0 Å². The summed E-state index contributed by atoms with van der Waals surface area (Å²) in [6, 6.07) is 17.5. The first kappa shape index (κ1) is 22.2. The number of rotatable bonds is 4. The van der Waals surface area contributed by atoms with E-state index in [9.17, 15) is 14.9 Å². The van der Waals surface area contributed by atoms with Crippen LogP contribution in [0, 0.1) is 10.1 Å². The highest BCUT2D eigenvalue weighted by molar-refractivity contribution is 8.18. The molecule has 3 heterocycles. The molecule has 0 spiro atoms. The third kappa shape index (κ3) is 4.71. The topological polar surface area (TPSA) is 92.2 Å². The Kier molecular flexibility index (Phi) is 6.12. The van der Waals surface area contributed by atoms with Crippen LogP contribution in [-0.4, -0.2) is 47.1 Å². The van der Waals surface area contributed by atoms with Crippen LogP contribution < -0.4 is 4.90 Å². The van der Waals surface area contributed by atoms with Gasteiger partial charge in [0.15, 0.2) is 5.17 Å². The van der Waals surface area contributed by atoms with Crippen LogP contribution in [0.3, 0.4) is 0 Å². The van der Waals surface area contributed by atoms with Gasteiger partial charge < -0.3 is 14.2 Å². The van der Waals surface area contributed by atoms with Crippen LogP contribution >= 0.6 is 23.4 Å². The van der Waals surface area contributed by atoms with Gasteiger partial charge >= 0.3 is 0 Å². The minimum Gasteiger partial charge on any atom is -0.457 e. The molecule has 5 rings (SSSR count). The zero-order chi connectivity index (χ0) is 23.7. The third-order valence-corrected chi connectivity index (χ3v) is 6.91. The molecule has 0 N–H and O–H groups in total. The SMILES string of the molecule is O=C1N=C(N2CCN(c3ccc(Cl)cc3)CC2)S/C1=C/c1ccc(-c2ccc([N+](=O)[O-])cc2)o1. The van der Waals surface area contributed by atoms with Crippen molar-refractivity contribution in [1.82, 2.24) is 4.90 Å². The maximum Gasteiger partial charge on any atom is 0.286 e. The van der Waals surface area contributed by atoms with Crippen LogP contribution in [0.4, 0.5) is 11.4 Å². The number of amidine groups is 1. The first-order valence-corrected chi connectivity index (χ1v) is 11.8. The number of nitro groups is 1. The van der Waals surface area contributed by atoms with Gasteiger partial charge in [-0.2, -0.15) is 4.99 Å². The van der Waals surface area contributed by atoms with Crippen molar-refractivity contribution in [3.63, 3.8) is 0 Å². The average molecular weight is 495 g/mol. The van der Waals surface area contributed by atoms with Gasteiger partial charge in [-0.3, -0.25) is 14.9 Å². The number of carbonyl (C=O) groups excluding carboxylic acids is 1. The molecule has 3 aromatic rings. The lowest BCUT2D eigenvalue weighted by Crippen LogP contribution is -2.47. The van der Waals surface area contributed by atoms with Crippen molar-refractivity contribution in [2.75, 3.05) is 31.1 Å². The molecule has 2 aliphatic heterocycles. The molecule has 172 valence electrons. The predicted octanol–water partition coefficient (Wildman–Crippen LogP) is 5.30. The molecule has 1 fully saturated rings. The summed E-state index contributed by atoms with van der Waals surface area (Å²) >= 11 is 7.33. The summed E-state index contributed by atoms with van der Waals surface area (Å²) in [5.41, 5.74) is 1.86. The molecule has 1 amide bonds. The minimum absolute atomic E-state index is 0.0178. The first-order chi connectivity index (χ1) is 16.5. The summed E-state index contributed by atoms with van der Waals surface area (Å²) in [5.74, 6) is 0.804. The maximum atomic E-state index is 12.5. The van der Waals surface area contributed by atoms with Crippen molar-refractivity contribution < 1.29 is 14.1 Å². The standard InChI is InChI=1S/C24H19ClN4O4S/c25-17-3-7-18(8-4-17)27-11-13-28(14-12-27)24-26-23(30)22(34-24)15-20-9-10-21(33-20)16-1-5-19(6-2-16)29(31)32/h1-10,15H,11-14H2/b22-15+. The number of non-ortho nitro benzene ring substituents is 1. The van der Waals surface area contributed by atoms with Gasteiger partial charge in [0.25, 0.3) is 11.6 Å². The van der Waals surface area contributed by atoms with E-state index in [-0.39, 0.29) is 11.6 Å². The highest BCUT2D eigenvalue weighted by Crippen LogP contribution is 2.33. The van der Waals surface area contributed by atoms with E-state index in [2.05, 4.69) is 14.8 Å². The van der Waals surface area contributed by atoms with Crippen molar-refractivity contribution in [3.8, 4) is 11.3 Å². The number of piperazine rings is 1. The highest BCUT2D eigenvalue weighted by Gasteiger charge is 2.29. The molecule has 0 aliphatic carbocycles. The van der Waals surface area contributed by atoms with Gasteiger partial charge in [0.1, 0.15) is 11.5 Å². The minimum atomic E-state index is -0.445. The third-order valence-electron chi connectivity index (χ3n) is 5.61. The number of carbonyl (C=O) groups is 1. The number of halogens is 1. The molecule has 0 unspecified atom stereocenters. The number of furan rings is 1. The Bertz CT molecular complexity index is 1290. The average Bonchev–Trinajstić information content (AvgIpc) is 3.47. The lowest BCUT2D eigenvalue weighted by Gasteiger charge is -2.36. The number of thioether (sulfide) groups is 1. The molecule has 0 radical (unpaired) electrons. The number of benzene rings is 2. The number of hydrogen-bond donors (Lipinski definition) is 0. The second-order valence-corrected chi connectivity index (χ2v) is 9.21. The van der Waals surface area contributed by atoms with Crippen LogP contribution in [0.2, 0.25) is 5.02 Å². The predicted molar refractivity (Wildman–Crippen MR) is 134 cm³/mol. The van der Waals surface area contributed by atoms with Crippen molar-refractivity contribution >= 4 is 51.9 Å². The number of anilines is 1. The molecule has 0 atom stereocenters. The molecule has 2 aliphatic rings. The van der Waals surface area contributed by atoms with Gasteiger partial charge in [-0.15, -0.1) is 0 Å². The number of hydrogen-bond acceptors (Lipinski definition) is 7. The summed E-state index contributed by atoms with van der Waals surface area (Å²) in [7, 11) is 0. The summed E-state index contributed by atoms with van der Waals surface area (Å²) in [4.78, 5) is 32.0. The summed E-state index contributed by atoms with van der Waals surface area (Å²) in [5, 5.41) is 12.2. The number of nitro benzene ring substituents is 1. The highest BCUT2D eigenvalue weighted by atomic mass is 35.5. The molecule has 1 aromatic heterocycles. The Morgan fingerprint density at radius 1 is 0.971 bits per heavy atom. The van der Waals surface area contributed by atoms with Gasteiger partial charge in [0.05, 0.1) is 9.83 Å². The lowest BCUT2D eigenvalue weighted by molar-refractivity contribution is -0.384. The zero-order valence-electron chi connectivity index (χ0n) is 17.9. The molecule has 10 heteroatoms. The van der Waals surface area contributed by atoms with Gasteiger partial charge in [-0.05, 0) is 60.3 Å². The van der Waals surface area contributed by atoms with Crippen LogP contribution in [-0.2, 0) is 4.79 Å². The molecule has 2 aromatic carbocycles. The quantitative estimate of drug-likeness (QED) is 0.276. The van der Waals surface area contributed by atoms with Crippen molar-refractivity contribution in [1.29, 1.82) is 0 Å². The molecule has 0 saturated carbocycles. The normalized spacial score (nSPS) is 17.4. The molecule has 0 bridgehead atoms. The van der Waals surface area contributed by atoms with Crippen LogP contribution in [0.1, 0.15) is 5.76 Å². The van der Waals surface area contributed by atoms with Gasteiger partial charge in [0.2, 0.25) is 0 Å². The fourth-order valence-corrected chi connectivity index (χ4v) is 4.87. The number of aliphatic imine (C=N–C) groups is 1. The molecular weight excluding hydrogens is 476 g/mol. The summed E-state index contributed by atoms with van der Waals surface area (Å²) in [6.45, 7) is 3.18. The van der Waals surface area contributed by atoms with E-state index in [1.165, 1.54) is 23.9 Å². The van der Waals surface area contributed by atoms with Crippen LogP contribution in [0.5, 0.6) is 0 Å². The molecular formula is C24H19ClN4O4S. The Morgan fingerprint density at radius 3 is 2.32 bits per heavy atom. The van der Waals surface area contributed by atoms with E-state index in [0.717, 1.165) is 37.4 Å². The van der Waals surface area contributed by atoms with Gasteiger partial charge in [-0.1, -0.05) is 11.6 Å². The lowest BCUT2D eigenvalue weighted by atomic mass is 10.1. The van der Waals surface area contributed by atoms with Crippen LogP contribution in [0.25, 0.3) is 17.4 Å². The second-order valence-electron chi connectivity index (χ2n) is 7.77. The Balaban J connectivity index is 1.22. The van der Waals surface area contributed by atoms with Gasteiger partial charge in [0, 0.05) is 60.7 Å². The second kappa shape index (κ2) is 9.36. The smallest absolute Gasteiger partial charge is 0.286 e. The van der Waals surface area contributed by atoms with E-state index in [1.807, 2.05) is 24.3 Å². The largest absolute Gasteiger partial charge is 0.457 e. The van der Waals surface area contributed by atoms with Crippen molar-refractivity contribution in [2.45, 2.75) is 0 Å². The van der Waals surface area contributed by atoms with E-state index in [1.54, 1.807) is 30.3 Å². The van der Waals surface area contributed by atoms with Crippen molar-refractivity contribution in [3.05, 3.63) is 86.5 Å². The van der Waals surface area contributed by atoms with Crippen LogP contribution in [0.15, 0.2) is 75.0 Å². The van der Waals surface area contributed by atoms with Gasteiger partial charge in [-0.25, -0.2) is 0 Å². The van der Waals surface area contributed by atoms with E-state index in [4.69, 9.17) is 16.0 Å². The zero-order valence-corrected chi connectivity index (χ0v) is 19.5. The monoisotopic (exact) mass is 494 g/mol. The number of amides is 1. The van der Waals surface area contributed by atoms with Crippen molar-refractivity contribution in [2.24, 2.45) is 4.99 Å². The fourth-order valence-electron chi connectivity index (χ4n) is 3.80. The molecule has 8 nitrogen and oxygen atoms in total. The van der Waals surface area contributed by atoms with E-state index < -0.39 is 4.92 Å². The van der Waals surface area contributed by atoms with E-state index in [0.29, 0.717) is 26.6 Å². The Hall–Kier alpha value is -3.56. The maximum absolute atomic E-state index is 12.5. The fraction of sp³-hybridized carbons (Fsp3) is 0.167. The molecule has 34 heavy (non-hydrogen) atoms. The number of nitrogens with zero attached hydrogens (tertiary/aromatic N) is 4. The Morgan fingerprint density at radius 2 is 1.65 bits per heavy atom. The first-order valence-electron chi connectivity index (χ1n) is 10.6. The molecule has 1 saturated heterocycles. The Labute approximate surface area is 204 Å².